The Morgan fingerprint density at radius 2 is 2.03 bits per heavy atom. The fourth-order valence-electron chi connectivity index (χ4n) is 4.39. The Kier molecular flexibility index (Phi) is 6.10. The van der Waals surface area contributed by atoms with E-state index in [1.54, 1.807) is 32.0 Å². The van der Waals surface area contributed by atoms with Crippen molar-refractivity contribution in [2.45, 2.75) is 20.0 Å². The standard InChI is InChI=1S/C24H28N10O2/c1-13-7-15(8-28-24(13)34-5-6-36-14(2)11-34)30-23-20(21(25)35)31-19(22(26-3)32-23)16-9-27-10-17-18(16)29-12-33(17)4/h7-10,12,14H,5-6,11H2,1-4H3,(H2,25,35)(H2,26,30,32)/t14-/m0/s1. The van der Waals surface area contributed by atoms with Crippen LogP contribution in [0.15, 0.2) is 31.0 Å². The number of aromatic nitrogens is 6. The van der Waals surface area contributed by atoms with E-state index >= 15 is 0 Å². The molecule has 1 saturated heterocycles. The van der Waals surface area contributed by atoms with Crippen molar-refractivity contribution in [2.24, 2.45) is 12.8 Å². The number of fused-ring (bicyclic) bond motifs is 1. The van der Waals surface area contributed by atoms with E-state index in [0.717, 1.165) is 30.0 Å². The van der Waals surface area contributed by atoms with Crippen molar-refractivity contribution in [1.29, 1.82) is 0 Å². The van der Waals surface area contributed by atoms with Crippen molar-refractivity contribution in [3.05, 3.63) is 42.2 Å². The zero-order valence-corrected chi connectivity index (χ0v) is 20.6. The van der Waals surface area contributed by atoms with E-state index in [-0.39, 0.29) is 17.6 Å². The average Bonchev–Trinajstić information content (AvgIpc) is 3.24. The highest BCUT2D eigenvalue weighted by Crippen LogP contribution is 2.32. The van der Waals surface area contributed by atoms with Crippen LogP contribution in [0.5, 0.6) is 0 Å². The number of carbonyl (C=O) groups is 1. The van der Waals surface area contributed by atoms with Crippen molar-refractivity contribution >= 4 is 40.1 Å². The molecular weight excluding hydrogens is 460 g/mol. The third kappa shape index (κ3) is 4.26. The van der Waals surface area contributed by atoms with Crippen LogP contribution in [0.25, 0.3) is 22.3 Å². The molecule has 1 amide bonds. The summed E-state index contributed by atoms with van der Waals surface area (Å²) in [6.07, 6.45) is 6.93. The van der Waals surface area contributed by atoms with E-state index in [1.165, 1.54) is 0 Å². The van der Waals surface area contributed by atoms with Crippen molar-refractivity contribution in [2.75, 3.05) is 42.3 Å². The van der Waals surface area contributed by atoms with Gasteiger partial charge in [-0.15, -0.1) is 0 Å². The molecule has 0 saturated carbocycles. The summed E-state index contributed by atoms with van der Waals surface area (Å²) < 4.78 is 7.50. The molecule has 186 valence electrons. The summed E-state index contributed by atoms with van der Waals surface area (Å²) >= 11 is 0. The van der Waals surface area contributed by atoms with Gasteiger partial charge in [-0.25, -0.2) is 19.9 Å². The molecule has 12 nitrogen and oxygen atoms in total. The van der Waals surface area contributed by atoms with Gasteiger partial charge >= 0.3 is 0 Å². The SMILES string of the molecule is CNc1nc(Nc2cnc(N3CCO[C@@H](C)C3)c(C)c2)c(C(N)=O)nc1-c1cncc2c1ncn2C. The number of morpholine rings is 1. The summed E-state index contributed by atoms with van der Waals surface area (Å²) in [5, 5.41) is 6.24. The smallest absolute Gasteiger partial charge is 0.271 e. The molecule has 0 aliphatic carbocycles. The predicted octanol–water partition coefficient (Wildman–Crippen LogP) is 2.24. The summed E-state index contributed by atoms with van der Waals surface area (Å²) in [5.41, 5.74) is 9.96. The number of anilines is 4. The zero-order valence-electron chi connectivity index (χ0n) is 20.6. The number of hydrogen-bond acceptors (Lipinski definition) is 10. The molecule has 1 aliphatic heterocycles. The van der Waals surface area contributed by atoms with E-state index in [0.29, 0.717) is 34.9 Å². The number of imidazole rings is 1. The number of rotatable bonds is 6. The Morgan fingerprint density at radius 3 is 2.75 bits per heavy atom. The number of aryl methyl sites for hydroxylation is 2. The minimum absolute atomic E-state index is 0.000618. The van der Waals surface area contributed by atoms with Crippen molar-refractivity contribution in [3.8, 4) is 11.3 Å². The first-order valence-corrected chi connectivity index (χ1v) is 11.6. The number of ether oxygens (including phenoxy) is 1. The molecule has 36 heavy (non-hydrogen) atoms. The fourth-order valence-corrected chi connectivity index (χ4v) is 4.39. The van der Waals surface area contributed by atoms with Gasteiger partial charge in [0, 0.05) is 33.4 Å². The largest absolute Gasteiger partial charge is 0.375 e. The lowest BCUT2D eigenvalue weighted by Crippen LogP contribution is -2.41. The Labute approximate surface area is 207 Å². The molecular formula is C24H28N10O2. The molecule has 5 heterocycles. The molecule has 0 unspecified atom stereocenters. The van der Waals surface area contributed by atoms with Gasteiger partial charge in [0.15, 0.2) is 17.3 Å². The second-order valence-electron chi connectivity index (χ2n) is 8.76. The Bertz CT molecular complexity index is 1450. The monoisotopic (exact) mass is 488 g/mol. The number of primary amides is 1. The summed E-state index contributed by atoms with van der Waals surface area (Å²) in [4.78, 5) is 37.3. The molecule has 1 aliphatic rings. The highest BCUT2D eigenvalue weighted by atomic mass is 16.5. The fraction of sp³-hybridized carbons (Fsp3) is 0.333. The molecule has 4 aromatic rings. The minimum atomic E-state index is -0.710. The number of nitrogens with two attached hydrogens (primary N) is 1. The second kappa shape index (κ2) is 9.38. The summed E-state index contributed by atoms with van der Waals surface area (Å²) in [7, 11) is 3.62. The lowest BCUT2D eigenvalue weighted by molar-refractivity contribution is 0.0529. The third-order valence-electron chi connectivity index (χ3n) is 6.11. The van der Waals surface area contributed by atoms with E-state index in [4.69, 9.17) is 10.5 Å². The minimum Gasteiger partial charge on any atom is -0.375 e. The van der Waals surface area contributed by atoms with Crippen LogP contribution in [0, 0.1) is 6.92 Å². The molecule has 4 aromatic heterocycles. The van der Waals surface area contributed by atoms with Gasteiger partial charge in [0.05, 0.1) is 48.2 Å². The third-order valence-corrected chi connectivity index (χ3v) is 6.11. The van der Waals surface area contributed by atoms with E-state index in [9.17, 15) is 4.79 Å². The normalized spacial score (nSPS) is 15.8. The van der Waals surface area contributed by atoms with Crippen LogP contribution < -0.4 is 21.3 Å². The molecule has 1 atom stereocenters. The quantitative estimate of drug-likeness (QED) is 0.369. The number of pyridine rings is 2. The second-order valence-corrected chi connectivity index (χ2v) is 8.76. The molecule has 4 N–H and O–H groups in total. The first-order valence-electron chi connectivity index (χ1n) is 11.6. The molecule has 5 rings (SSSR count). The number of nitrogens with zero attached hydrogens (tertiary/aromatic N) is 7. The van der Waals surface area contributed by atoms with Crippen LogP contribution in [0.4, 0.5) is 23.1 Å². The Balaban J connectivity index is 1.52. The molecule has 0 aromatic carbocycles. The number of carbonyl (C=O) groups excluding carboxylic acids is 1. The van der Waals surface area contributed by atoms with E-state index in [2.05, 4.69) is 47.4 Å². The van der Waals surface area contributed by atoms with Gasteiger partial charge in [0.25, 0.3) is 5.91 Å². The predicted molar refractivity (Wildman–Crippen MR) is 137 cm³/mol. The van der Waals surface area contributed by atoms with Gasteiger partial charge in [0.1, 0.15) is 17.0 Å². The average molecular weight is 489 g/mol. The molecule has 1 fully saturated rings. The van der Waals surface area contributed by atoms with Crippen LogP contribution in [-0.4, -0.2) is 68.2 Å². The van der Waals surface area contributed by atoms with Crippen molar-refractivity contribution in [1.82, 2.24) is 29.5 Å². The van der Waals surface area contributed by atoms with Gasteiger partial charge in [-0.1, -0.05) is 0 Å². The van der Waals surface area contributed by atoms with E-state index in [1.807, 2.05) is 24.6 Å². The maximum atomic E-state index is 12.4. The molecule has 0 bridgehead atoms. The van der Waals surface area contributed by atoms with Crippen molar-refractivity contribution < 1.29 is 9.53 Å². The Morgan fingerprint density at radius 1 is 1.19 bits per heavy atom. The van der Waals surface area contributed by atoms with Crippen molar-refractivity contribution in [3.63, 3.8) is 0 Å². The van der Waals surface area contributed by atoms with Crippen LogP contribution in [-0.2, 0) is 11.8 Å². The number of nitrogens with one attached hydrogen (secondary N) is 2. The number of amides is 1. The van der Waals surface area contributed by atoms with Gasteiger partial charge in [-0.05, 0) is 25.5 Å². The maximum Gasteiger partial charge on any atom is 0.271 e. The first-order chi connectivity index (χ1) is 17.4. The number of hydrogen-bond donors (Lipinski definition) is 3. The van der Waals surface area contributed by atoms with Gasteiger partial charge in [0.2, 0.25) is 0 Å². The first kappa shape index (κ1) is 23.4. The summed E-state index contributed by atoms with van der Waals surface area (Å²) in [6, 6.07) is 1.96. The van der Waals surface area contributed by atoms with Crippen LogP contribution in [0.3, 0.4) is 0 Å². The highest BCUT2D eigenvalue weighted by Gasteiger charge is 2.23. The summed E-state index contributed by atoms with van der Waals surface area (Å²) in [5.74, 6) is 0.870. The highest BCUT2D eigenvalue weighted by molar-refractivity contribution is 5.99. The van der Waals surface area contributed by atoms with Gasteiger partial charge < -0.3 is 30.6 Å². The molecule has 0 radical (unpaired) electrons. The van der Waals surface area contributed by atoms with Crippen LogP contribution in [0.1, 0.15) is 23.0 Å². The molecule has 0 spiro atoms. The maximum absolute atomic E-state index is 12.4. The zero-order chi connectivity index (χ0) is 25.4. The Hall–Kier alpha value is -4.32. The topological polar surface area (TPSA) is 149 Å². The van der Waals surface area contributed by atoms with E-state index < -0.39 is 5.91 Å². The van der Waals surface area contributed by atoms with Crippen LogP contribution >= 0.6 is 0 Å². The lowest BCUT2D eigenvalue weighted by Gasteiger charge is -2.33. The molecule has 12 heteroatoms. The van der Waals surface area contributed by atoms with Crippen LogP contribution in [0.2, 0.25) is 0 Å². The van der Waals surface area contributed by atoms with Gasteiger partial charge in [-0.3, -0.25) is 9.78 Å². The lowest BCUT2D eigenvalue weighted by atomic mass is 10.1. The van der Waals surface area contributed by atoms with Gasteiger partial charge in [-0.2, -0.15) is 0 Å². The summed E-state index contributed by atoms with van der Waals surface area (Å²) in [6.45, 7) is 6.28.